The molecule has 1 heterocycles. The van der Waals surface area contributed by atoms with E-state index in [0.717, 1.165) is 16.2 Å². The van der Waals surface area contributed by atoms with E-state index in [2.05, 4.69) is 41.5 Å². The van der Waals surface area contributed by atoms with E-state index < -0.39 is 0 Å². The number of nitrogens with zero attached hydrogens (tertiary/aromatic N) is 1. The van der Waals surface area contributed by atoms with Crippen molar-refractivity contribution in [2.75, 3.05) is 6.26 Å². The maximum atomic E-state index is 12.9. The summed E-state index contributed by atoms with van der Waals surface area (Å²) in [4.78, 5) is 17.2. The van der Waals surface area contributed by atoms with Gasteiger partial charge in [0.1, 0.15) is 5.03 Å². The molecule has 0 saturated carbocycles. The summed E-state index contributed by atoms with van der Waals surface area (Å²) in [5, 5.41) is 3.90. The molecule has 0 aliphatic rings. The van der Waals surface area contributed by atoms with Crippen LogP contribution in [0.5, 0.6) is 0 Å². The van der Waals surface area contributed by atoms with E-state index in [9.17, 15) is 4.79 Å². The van der Waals surface area contributed by atoms with Crippen molar-refractivity contribution in [1.82, 2.24) is 10.3 Å². The number of hydrogen-bond donors (Lipinski definition) is 1. The number of carbonyl (C=O) groups excluding carboxylic acids is 1. The maximum absolute atomic E-state index is 12.9. The SMILES string of the molecule is CSc1ncccc1C(=O)NC(c1ccccc1)c1ccc(C)cc1. The number of pyridine rings is 1. The number of nitrogens with one attached hydrogen (secondary N) is 1. The number of thioether (sulfide) groups is 1. The summed E-state index contributed by atoms with van der Waals surface area (Å²) in [6.07, 6.45) is 3.63. The van der Waals surface area contributed by atoms with Crippen molar-refractivity contribution >= 4 is 17.7 Å². The molecule has 0 saturated heterocycles. The predicted molar refractivity (Wildman–Crippen MR) is 103 cm³/mol. The number of carbonyl (C=O) groups is 1. The second-order valence-corrected chi connectivity index (χ2v) is 6.58. The van der Waals surface area contributed by atoms with Crippen LogP contribution in [0.25, 0.3) is 0 Å². The summed E-state index contributed by atoms with van der Waals surface area (Å²) in [6.45, 7) is 2.06. The quantitative estimate of drug-likeness (QED) is 0.684. The molecule has 0 radical (unpaired) electrons. The van der Waals surface area contributed by atoms with Crippen molar-refractivity contribution in [2.45, 2.75) is 18.0 Å². The molecule has 1 N–H and O–H groups in total. The van der Waals surface area contributed by atoms with Crippen LogP contribution in [0.15, 0.2) is 78.0 Å². The zero-order chi connectivity index (χ0) is 17.6. The highest BCUT2D eigenvalue weighted by Crippen LogP contribution is 2.24. The first-order chi connectivity index (χ1) is 12.2. The van der Waals surface area contributed by atoms with E-state index in [0.29, 0.717) is 5.56 Å². The Balaban J connectivity index is 1.95. The first-order valence-corrected chi connectivity index (χ1v) is 9.33. The van der Waals surface area contributed by atoms with Crippen LogP contribution in [0, 0.1) is 6.92 Å². The third-order valence-electron chi connectivity index (χ3n) is 4.03. The average Bonchev–Trinajstić information content (AvgIpc) is 2.67. The minimum atomic E-state index is -0.204. The molecule has 1 aromatic heterocycles. The second-order valence-electron chi connectivity index (χ2n) is 5.79. The smallest absolute Gasteiger partial charge is 0.254 e. The lowest BCUT2D eigenvalue weighted by molar-refractivity contribution is 0.0939. The first kappa shape index (κ1) is 17.2. The van der Waals surface area contributed by atoms with Gasteiger partial charge < -0.3 is 5.32 Å². The standard InChI is InChI=1S/C21H20N2OS/c1-15-10-12-17(13-11-15)19(16-7-4-3-5-8-16)23-20(24)18-9-6-14-22-21(18)25-2/h3-14,19H,1-2H3,(H,23,24). The van der Waals surface area contributed by atoms with Crippen LogP contribution < -0.4 is 5.32 Å². The minimum Gasteiger partial charge on any atom is -0.341 e. The molecular formula is C21H20N2OS. The van der Waals surface area contributed by atoms with Crippen molar-refractivity contribution in [1.29, 1.82) is 0 Å². The lowest BCUT2D eigenvalue weighted by atomic mass is 9.97. The molecule has 0 aliphatic heterocycles. The highest BCUT2D eigenvalue weighted by atomic mass is 32.2. The number of amides is 1. The zero-order valence-electron chi connectivity index (χ0n) is 14.3. The summed E-state index contributed by atoms with van der Waals surface area (Å²) < 4.78 is 0. The lowest BCUT2D eigenvalue weighted by Crippen LogP contribution is -2.29. The summed E-state index contributed by atoms with van der Waals surface area (Å²) in [5.74, 6) is -0.119. The largest absolute Gasteiger partial charge is 0.341 e. The van der Waals surface area contributed by atoms with Gasteiger partial charge in [-0.05, 0) is 36.4 Å². The van der Waals surface area contributed by atoms with Crippen molar-refractivity contribution in [3.05, 3.63) is 95.2 Å². The molecule has 1 unspecified atom stereocenters. The van der Waals surface area contributed by atoms with E-state index in [1.807, 2.05) is 42.7 Å². The fourth-order valence-corrected chi connectivity index (χ4v) is 3.25. The highest BCUT2D eigenvalue weighted by Gasteiger charge is 2.19. The third kappa shape index (κ3) is 4.09. The molecule has 2 aromatic carbocycles. The van der Waals surface area contributed by atoms with E-state index in [1.54, 1.807) is 12.3 Å². The van der Waals surface area contributed by atoms with Crippen LogP contribution in [0.3, 0.4) is 0 Å². The second kappa shape index (κ2) is 7.99. The Labute approximate surface area is 152 Å². The van der Waals surface area contributed by atoms with E-state index >= 15 is 0 Å². The van der Waals surface area contributed by atoms with Gasteiger partial charge in [-0.2, -0.15) is 0 Å². The van der Waals surface area contributed by atoms with Crippen LogP contribution in [-0.4, -0.2) is 17.1 Å². The van der Waals surface area contributed by atoms with Gasteiger partial charge in [0.25, 0.3) is 5.91 Å². The summed E-state index contributed by atoms with van der Waals surface area (Å²) in [7, 11) is 0. The van der Waals surface area contributed by atoms with Crippen LogP contribution >= 0.6 is 11.8 Å². The van der Waals surface area contributed by atoms with E-state index in [1.165, 1.54) is 17.3 Å². The Morgan fingerprint density at radius 2 is 1.64 bits per heavy atom. The van der Waals surface area contributed by atoms with Gasteiger partial charge in [-0.25, -0.2) is 4.98 Å². The van der Waals surface area contributed by atoms with E-state index in [-0.39, 0.29) is 11.9 Å². The lowest BCUT2D eigenvalue weighted by Gasteiger charge is -2.20. The number of aromatic nitrogens is 1. The topological polar surface area (TPSA) is 42.0 Å². The zero-order valence-corrected chi connectivity index (χ0v) is 15.1. The van der Waals surface area contributed by atoms with Gasteiger partial charge in [0.05, 0.1) is 11.6 Å². The molecule has 1 atom stereocenters. The number of aryl methyl sites for hydroxylation is 1. The highest BCUT2D eigenvalue weighted by molar-refractivity contribution is 7.98. The Morgan fingerprint density at radius 3 is 2.32 bits per heavy atom. The van der Waals surface area contributed by atoms with Crippen LogP contribution in [0.1, 0.15) is 33.1 Å². The minimum absolute atomic E-state index is 0.119. The normalized spacial score (nSPS) is 11.8. The van der Waals surface area contributed by atoms with Gasteiger partial charge >= 0.3 is 0 Å². The van der Waals surface area contributed by atoms with Gasteiger partial charge in [0, 0.05) is 6.20 Å². The first-order valence-electron chi connectivity index (χ1n) is 8.10. The van der Waals surface area contributed by atoms with Gasteiger partial charge in [0.2, 0.25) is 0 Å². The molecule has 126 valence electrons. The Bertz CT molecular complexity index is 847. The maximum Gasteiger partial charge on any atom is 0.254 e. The van der Waals surface area contributed by atoms with Crippen molar-refractivity contribution in [3.63, 3.8) is 0 Å². The van der Waals surface area contributed by atoms with Crippen molar-refractivity contribution in [3.8, 4) is 0 Å². The summed E-state index contributed by atoms with van der Waals surface area (Å²) in [6, 6.07) is 21.7. The molecule has 4 heteroatoms. The average molecular weight is 348 g/mol. The number of benzene rings is 2. The van der Waals surface area contributed by atoms with Crippen LogP contribution in [-0.2, 0) is 0 Å². The van der Waals surface area contributed by atoms with Crippen LogP contribution in [0.4, 0.5) is 0 Å². The summed E-state index contributed by atoms with van der Waals surface area (Å²) in [5.41, 5.74) is 3.90. The molecule has 0 fully saturated rings. The number of rotatable bonds is 5. The summed E-state index contributed by atoms with van der Waals surface area (Å²) >= 11 is 1.47. The van der Waals surface area contributed by atoms with Gasteiger partial charge in [-0.15, -0.1) is 11.8 Å². The Morgan fingerprint density at radius 1 is 0.960 bits per heavy atom. The molecule has 3 nitrogen and oxygen atoms in total. The molecule has 0 aliphatic carbocycles. The fourth-order valence-electron chi connectivity index (χ4n) is 2.70. The molecule has 0 spiro atoms. The van der Waals surface area contributed by atoms with Crippen molar-refractivity contribution in [2.24, 2.45) is 0 Å². The molecule has 1 amide bonds. The fraction of sp³-hybridized carbons (Fsp3) is 0.143. The molecular weight excluding hydrogens is 328 g/mol. The van der Waals surface area contributed by atoms with Gasteiger partial charge in [0.15, 0.2) is 0 Å². The molecule has 0 bridgehead atoms. The third-order valence-corrected chi connectivity index (χ3v) is 4.74. The molecule has 3 aromatic rings. The van der Waals surface area contributed by atoms with Gasteiger partial charge in [-0.1, -0.05) is 60.2 Å². The van der Waals surface area contributed by atoms with Crippen molar-refractivity contribution < 1.29 is 4.79 Å². The number of hydrogen-bond acceptors (Lipinski definition) is 3. The molecule has 3 rings (SSSR count). The molecule has 25 heavy (non-hydrogen) atoms. The van der Waals surface area contributed by atoms with Crippen LogP contribution in [0.2, 0.25) is 0 Å². The Hall–Kier alpha value is -2.59. The van der Waals surface area contributed by atoms with Gasteiger partial charge in [-0.3, -0.25) is 4.79 Å². The Kier molecular flexibility index (Phi) is 5.51. The predicted octanol–water partition coefficient (Wildman–Crippen LogP) is 4.63. The van der Waals surface area contributed by atoms with E-state index in [4.69, 9.17) is 0 Å². The monoisotopic (exact) mass is 348 g/mol.